The lowest BCUT2D eigenvalue weighted by atomic mass is 10.0. The van der Waals surface area contributed by atoms with E-state index in [-0.39, 0.29) is 4.90 Å². The minimum Gasteiger partial charge on any atom is -0.768 e. The SMILES string of the molecule is CCCCC(CC)COC(=O)c1ccc(S(=O)[O-])cc1. The first kappa shape index (κ1) is 16.9. The van der Waals surface area contributed by atoms with E-state index in [2.05, 4.69) is 13.8 Å². The molecule has 0 aliphatic carbocycles. The van der Waals surface area contributed by atoms with Gasteiger partial charge in [0.2, 0.25) is 0 Å². The second kappa shape index (κ2) is 8.87. The van der Waals surface area contributed by atoms with Crippen LogP contribution in [0.3, 0.4) is 0 Å². The lowest BCUT2D eigenvalue weighted by Crippen LogP contribution is -2.14. The molecule has 2 atom stereocenters. The second-order valence-corrected chi connectivity index (χ2v) is 5.71. The van der Waals surface area contributed by atoms with E-state index in [1.807, 2.05) is 0 Å². The van der Waals surface area contributed by atoms with Crippen molar-refractivity contribution < 1.29 is 18.3 Å². The molecule has 0 fully saturated rings. The van der Waals surface area contributed by atoms with Crippen LogP contribution in [-0.4, -0.2) is 21.3 Å². The summed E-state index contributed by atoms with van der Waals surface area (Å²) in [5, 5.41) is 0. The molecule has 0 radical (unpaired) electrons. The normalized spacial score (nSPS) is 13.8. The molecule has 5 heteroatoms. The van der Waals surface area contributed by atoms with Crippen molar-refractivity contribution in [3.63, 3.8) is 0 Å². The van der Waals surface area contributed by atoms with E-state index in [0.717, 1.165) is 25.7 Å². The molecule has 20 heavy (non-hydrogen) atoms. The molecule has 0 aliphatic heterocycles. The minimum absolute atomic E-state index is 0.163. The highest BCUT2D eigenvalue weighted by Crippen LogP contribution is 2.14. The van der Waals surface area contributed by atoms with Gasteiger partial charge in [-0.2, -0.15) is 0 Å². The molecule has 0 saturated heterocycles. The van der Waals surface area contributed by atoms with Gasteiger partial charge >= 0.3 is 5.97 Å². The van der Waals surface area contributed by atoms with Crippen LogP contribution in [-0.2, 0) is 15.8 Å². The van der Waals surface area contributed by atoms with Crippen LogP contribution in [0.1, 0.15) is 49.9 Å². The van der Waals surface area contributed by atoms with Gasteiger partial charge in [0.15, 0.2) is 0 Å². The Kier molecular flexibility index (Phi) is 7.47. The Balaban J connectivity index is 2.51. The number of esters is 1. The zero-order valence-corrected chi connectivity index (χ0v) is 12.8. The quantitative estimate of drug-likeness (QED) is 0.545. The Hall–Kier alpha value is -1.20. The molecule has 0 aliphatic rings. The standard InChI is InChI=1S/C15H22O4S/c1-3-5-6-12(4-2)11-19-15(16)13-7-9-14(10-8-13)20(17)18/h7-10,12H,3-6,11H2,1-2H3,(H,17,18)/p-1. The third-order valence-electron chi connectivity index (χ3n) is 3.28. The van der Waals surface area contributed by atoms with Crippen LogP contribution in [0.4, 0.5) is 0 Å². The van der Waals surface area contributed by atoms with Crippen molar-refractivity contribution in [2.24, 2.45) is 5.92 Å². The number of carbonyl (C=O) groups is 1. The van der Waals surface area contributed by atoms with E-state index in [4.69, 9.17) is 4.74 Å². The third-order valence-corrected chi connectivity index (χ3v) is 3.93. The molecule has 0 heterocycles. The van der Waals surface area contributed by atoms with Crippen LogP contribution >= 0.6 is 0 Å². The predicted octanol–water partition coefficient (Wildman–Crippen LogP) is 3.30. The van der Waals surface area contributed by atoms with Crippen LogP contribution < -0.4 is 0 Å². The van der Waals surface area contributed by atoms with E-state index in [9.17, 15) is 13.6 Å². The van der Waals surface area contributed by atoms with Crippen LogP contribution in [0, 0.1) is 5.92 Å². The van der Waals surface area contributed by atoms with Crippen LogP contribution in [0.5, 0.6) is 0 Å². The van der Waals surface area contributed by atoms with Crippen molar-refractivity contribution >= 4 is 17.0 Å². The summed E-state index contributed by atoms with van der Waals surface area (Å²) >= 11 is -2.27. The second-order valence-electron chi connectivity index (χ2n) is 4.77. The number of carbonyl (C=O) groups excluding carboxylic acids is 1. The van der Waals surface area contributed by atoms with Gasteiger partial charge in [-0.25, -0.2) is 4.79 Å². The van der Waals surface area contributed by atoms with Gasteiger partial charge < -0.3 is 9.29 Å². The Morgan fingerprint density at radius 3 is 2.45 bits per heavy atom. The van der Waals surface area contributed by atoms with Crippen molar-refractivity contribution in [1.29, 1.82) is 0 Å². The maximum absolute atomic E-state index is 11.8. The van der Waals surface area contributed by atoms with Gasteiger partial charge in [0.1, 0.15) is 0 Å². The number of hydrogen-bond acceptors (Lipinski definition) is 4. The average molecular weight is 297 g/mol. The highest BCUT2D eigenvalue weighted by atomic mass is 32.2. The van der Waals surface area contributed by atoms with Crippen LogP contribution in [0.25, 0.3) is 0 Å². The number of ether oxygens (including phenoxy) is 1. The third kappa shape index (κ3) is 5.43. The molecule has 112 valence electrons. The fourth-order valence-corrected chi connectivity index (χ4v) is 2.24. The summed E-state index contributed by atoms with van der Waals surface area (Å²) < 4.78 is 26.7. The summed E-state index contributed by atoms with van der Waals surface area (Å²) in [4.78, 5) is 12.0. The van der Waals surface area contributed by atoms with Crippen molar-refractivity contribution in [3.8, 4) is 0 Å². The van der Waals surface area contributed by atoms with Gasteiger partial charge in [-0.05, 0) is 47.7 Å². The maximum atomic E-state index is 11.8. The highest BCUT2D eigenvalue weighted by molar-refractivity contribution is 7.79. The summed E-state index contributed by atoms with van der Waals surface area (Å²) in [7, 11) is 0. The first-order valence-electron chi connectivity index (χ1n) is 6.94. The number of unbranched alkanes of at least 4 members (excludes halogenated alkanes) is 1. The van der Waals surface area contributed by atoms with Gasteiger partial charge in [-0.15, -0.1) is 0 Å². The van der Waals surface area contributed by atoms with Crippen molar-refractivity contribution in [3.05, 3.63) is 29.8 Å². The molecular formula is C15H21O4S-. The molecule has 1 aromatic carbocycles. The van der Waals surface area contributed by atoms with Gasteiger partial charge in [0.05, 0.1) is 12.2 Å². The highest BCUT2D eigenvalue weighted by Gasteiger charge is 2.11. The molecular weight excluding hydrogens is 276 g/mol. The van der Waals surface area contributed by atoms with Gasteiger partial charge in [0, 0.05) is 4.90 Å². The molecule has 1 rings (SSSR count). The lowest BCUT2D eigenvalue weighted by molar-refractivity contribution is 0.0428. The van der Waals surface area contributed by atoms with E-state index >= 15 is 0 Å². The van der Waals surface area contributed by atoms with Crippen molar-refractivity contribution in [2.75, 3.05) is 6.61 Å². The van der Waals surface area contributed by atoms with Gasteiger partial charge in [0.25, 0.3) is 0 Å². The van der Waals surface area contributed by atoms with Gasteiger partial charge in [-0.3, -0.25) is 4.21 Å². The van der Waals surface area contributed by atoms with Crippen LogP contribution in [0.2, 0.25) is 0 Å². The molecule has 0 aromatic heterocycles. The summed E-state index contributed by atoms with van der Waals surface area (Å²) in [6.07, 6.45) is 4.33. The average Bonchev–Trinajstić information content (AvgIpc) is 2.47. The first-order valence-corrected chi connectivity index (χ1v) is 8.02. The lowest BCUT2D eigenvalue weighted by Gasteiger charge is -2.14. The van der Waals surface area contributed by atoms with Crippen LogP contribution in [0.15, 0.2) is 29.2 Å². The summed E-state index contributed by atoms with van der Waals surface area (Å²) in [5.74, 6) is -0.00417. The molecule has 1 aromatic rings. The number of benzene rings is 1. The zero-order valence-electron chi connectivity index (χ0n) is 12.0. The Bertz CT molecular complexity index is 442. The zero-order chi connectivity index (χ0) is 15.0. The molecule has 4 nitrogen and oxygen atoms in total. The van der Waals surface area contributed by atoms with E-state index in [0.29, 0.717) is 18.1 Å². The molecule has 0 amide bonds. The summed E-state index contributed by atoms with van der Waals surface area (Å²) in [6.45, 7) is 4.65. The fraction of sp³-hybridized carbons (Fsp3) is 0.533. The largest absolute Gasteiger partial charge is 0.768 e. The predicted molar refractivity (Wildman–Crippen MR) is 77.2 cm³/mol. The minimum atomic E-state index is -2.27. The molecule has 0 bridgehead atoms. The number of hydrogen-bond donors (Lipinski definition) is 0. The molecule has 0 N–H and O–H groups in total. The van der Waals surface area contributed by atoms with E-state index in [1.54, 1.807) is 0 Å². The smallest absolute Gasteiger partial charge is 0.338 e. The van der Waals surface area contributed by atoms with E-state index in [1.165, 1.54) is 24.3 Å². The monoisotopic (exact) mass is 297 g/mol. The van der Waals surface area contributed by atoms with Crippen molar-refractivity contribution in [1.82, 2.24) is 0 Å². The van der Waals surface area contributed by atoms with Crippen molar-refractivity contribution in [2.45, 2.75) is 44.4 Å². The maximum Gasteiger partial charge on any atom is 0.338 e. The molecule has 2 unspecified atom stereocenters. The fourth-order valence-electron chi connectivity index (χ4n) is 1.88. The number of rotatable bonds is 8. The Labute approximate surface area is 122 Å². The molecule has 0 spiro atoms. The van der Waals surface area contributed by atoms with Gasteiger partial charge in [-0.1, -0.05) is 33.1 Å². The molecule has 0 saturated carbocycles. The van der Waals surface area contributed by atoms with E-state index < -0.39 is 17.0 Å². The first-order chi connectivity index (χ1) is 9.58. The topological polar surface area (TPSA) is 66.4 Å². The summed E-state index contributed by atoms with van der Waals surface area (Å²) in [6, 6.07) is 5.74. The Morgan fingerprint density at radius 2 is 1.95 bits per heavy atom. The summed E-state index contributed by atoms with van der Waals surface area (Å²) in [5.41, 5.74) is 0.379. The Morgan fingerprint density at radius 1 is 1.30 bits per heavy atom.